The number of imidazole rings is 1. The number of pyridine rings is 1. The van der Waals surface area contributed by atoms with Crippen LogP contribution in [-0.4, -0.2) is 15.0 Å². The van der Waals surface area contributed by atoms with Crippen LogP contribution in [-0.2, 0) is 6.42 Å². The lowest BCUT2D eigenvalue weighted by atomic mass is 9.92. The zero-order valence-electron chi connectivity index (χ0n) is 9.79. The second-order valence-electron chi connectivity index (χ2n) is 4.68. The molecular weight excluding hydrogens is 214 g/mol. The number of aromatic nitrogens is 3. The molecule has 1 atom stereocenters. The van der Waals surface area contributed by atoms with Crippen LogP contribution in [0.1, 0.15) is 37.1 Å². The van der Waals surface area contributed by atoms with Crippen molar-refractivity contribution in [1.82, 2.24) is 15.0 Å². The number of aryl methyl sites for hydroxylation is 1. The lowest BCUT2D eigenvalue weighted by molar-refractivity contribution is 0.574. The quantitative estimate of drug-likeness (QED) is 0.787. The van der Waals surface area contributed by atoms with Gasteiger partial charge in [-0.1, -0.05) is 6.92 Å². The Bertz CT molecular complexity index is 576. The minimum Gasteiger partial charge on any atom is -0.342 e. The Morgan fingerprint density at radius 2 is 2.29 bits per heavy atom. The molecule has 0 fully saturated rings. The van der Waals surface area contributed by atoms with Crippen LogP contribution >= 0.6 is 0 Å². The summed E-state index contributed by atoms with van der Waals surface area (Å²) in [4.78, 5) is 21.7. The fourth-order valence-electron chi connectivity index (χ4n) is 2.44. The van der Waals surface area contributed by atoms with E-state index in [1.54, 1.807) is 12.3 Å². The Morgan fingerprint density at radius 1 is 1.41 bits per heavy atom. The van der Waals surface area contributed by atoms with Gasteiger partial charge in [0.1, 0.15) is 5.82 Å². The second kappa shape index (κ2) is 3.87. The van der Waals surface area contributed by atoms with E-state index in [2.05, 4.69) is 21.9 Å². The maximum Gasteiger partial charge on any atom is 0.247 e. The molecule has 0 aliphatic heterocycles. The van der Waals surface area contributed by atoms with Gasteiger partial charge in [0.05, 0.1) is 5.69 Å². The van der Waals surface area contributed by atoms with Crippen molar-refractivity contribution in [1.29, 1.82) is 0 Å². The first-order chi connectivity index (χ1) is 8.24. The molecule has 0 bridgehead atoms. The summed E-state index contributed by atoms with van der Waals surface area (Å²) < 4.78 is 0. The molecule has 0 saturated heterocycles. The molecule has 3 rings (SSSR count). The van der Waals surface area contributed by atoms with Gasteiger partial charge in [-0.05, 0) is 25.3 Å². The number of hydrogen-bond acceptors (Lipinski definition) is 2. The fourth-order valence-corrected chi connectivity index (χ4v) is 2.44. The lowest BCUT2D eigenvalue weighted by Gasteiger charge is -2.15. The number of H-pyrrole nitrogens is 2. The lowest BCUT2D eigenvalue weighted by Crippen LogP contribution is -2.05. The predicted molar refractivity (Wildman–Crippen MR) is 66.0 cm³/mol. The van der Waals surface area contributed by atoms with Gasteiger partial charge in [-0.25, -0.2) is 4.98 Å². The molecule has 88 valence electrons. The van der Waals surface area contributed by atoms with E-state index in [1.165, 1.54) is 30.3 Å². The van der Waals surface area contributed by atoms with Crippen LogP contribution in [0.4, 0.5) is 0 Å². The minimum atomic E-state index is -0.0848. The fraction of sp³-hybridized carbons (Fsp3) is 0.385. The van der Waals surface area contributed by atoms with E-state index in [9.17, 15) is 4.79 Å². The second-order valence-corrected chi connectivity index (χ2v) is 4.68. The largest absolute Gasteiger partial charge is 0.342 e. The average molecular weight is 229 g/mol. The maximum absolute atomic E-state index is 11.0. The van der Waals surface area contributed by atoms with Gasteiger partial charge in [0.15, 0.2) is 0 Å². The van der Waals surface area contributed by atoms with Gasteiger partial charge in [-0.2, -0.15) is 0 Å². The first-order valence-electron chi connectivity index (χ1n) is 6.02. The summed E-state index contributed by atoms with van der Waals surface area (Å²) in [6.45, 7) is 2.22. The summed E-state index contributed by atoms with van der Waals surface area (Å²) in [7, 11) is 0. The standard InChI is InChI=1S/C13H15N3O/c1-8-3-2-4-10-12(8)16-13(15-10)9-5-6-11(17)14-7-9/h5-8H,2-4H2,1H3,(H,14,17)(H,15,16). The monoisotopic (exact) mass is 229 g/mol. The van der Waals surface area contributed by atoms with Crippen molar-refractivity contribution in [2.24, 2.45) is 0 Å². The van der Waals surface area contributed by atoms with Crippen molar-refractivity contribution >= 4 is 0 Å². The van der Waals surface area contributed by atoms with E-state index in [0.717, 1.165) is 17.8 Å². The molecule has 2 aromatic rings. The molecular formula is C13H15N3O. The van der Waals surface area contributed by atoms with Crippen molar-refractivity contribution in [3.05, 3.63) is 40.1 Å². The van der Waals surface area contributed by atoms with Gasteiger partial charge in [0, 0.05) is 29.4 Å². The van der Waals surface area contributed by atoms with E-state index in [0.29, 0.717) is 5.92 Å². The molecule has 1 aliphatic rings. The molecule has 2 heterocycles. The van der Waals surface area contributed by atoms with E-state index in [1.807, 2.05) is 0 Å². The highest BCUT2D eigenvalue weighted by atomic mass is 16.1. The highest BCUT2D eigenvalue weighted by molar-refractivity contribution is 5.54. The summed E-state index contributed by atoms with van der Waals surface area (Å²) in [6, 6.07) is 3.33. The van der Waals surface area contributed by atoms with Crippen molar-refractivity contribution in [3.8, 4) is 11.4 Å². The highest BCUT2D eigenvalue weighted by Crippen LogP contribution is 2.31. The average Bonchev–Trinajstić information content (AvgIpc) is 2.75. The van der Waals surface area contributed by atoms with Gasteiger partial charge in [0.25, 0.3) is 0 Å². The zero-order valence-corrected chi connectivity index (χ0v) is 9.79. The first-order valence-corrected chi connectivity index (χ1v) is 6.02. The van der Waals surface area contributed by atoms with Gasteiger partial charge in [-0.3, -0.25) is 4.79 Å². The van der Waals surface area contributed by atoms with Crippen molar-refractivity contribution in [3.63, 3.8) is 0 Å². The van der Waals surface area contributed by atoms with Gasteiger partial charge < -0.3 is 9.97 Å². The molecule has 4 heteroatoms. The third kappa shape index (κ3) is 1.79. The third-order valence-corrected chi connectivity index (χ3v) is 3.40. The van der Waals surface area contributed by atoms with E-state index in [4.69, 9.17) is 0 Å². The van der Waals surface area contributed by atoms with Gasteiger partial charge in [0.2, 0.25) is 5.56 Å². The topological polar surface area (TPSA) is 61.5 Å². The minimum absolute atomic E-state index is 0.0848. The zero-order chi connectivity index (χ0) is 11.8. The SMILES string of the molecule is CC1CCCc2[nH]c(-c3ccc(=O)[nH]c3)nc21. The number of nitrogens with one attached hydrogen (secondary N) is 2. The Kier molecular flexibility index (Phi) is 2.35. The summed E-state index contributed by atoms with van der Waals surface area (Å²) >= 11 is 0. The molecule has 1 unspecified atom stereocenters. The van der Waals surface area contributed by atoms with Crippen LogP contribution in [0.25, 0.3) is 11.4 Å². The molecule has 1 aliphatic carbocycles. The molecule has 0 radical (unpaired) electrons. The number of nitrogens with zero attached hydrogens (tertiary/aromatic N) is 1. The predicted octanol–water partition coefficient (Wildman–Crippen LogP) is 2.20. The van der Waals surface area contributed by atoms with Crippen LogP contribution in [0.2, 0.25) is 0 Å². The Morgan fingerprint density at radius 3 is 3.00 bits per heavy atom. The maximum atomic E-state index is 11.0. The summed E-state index contributed by atoms with van der Waals surface area (Å²) in [5.74, 6) is 1.39. The van der Waals surface area contributed by atoms with Crippen molar-refractivity contribution < 1.29 is 0 Å². The first kappa shape index (κ1) is 10.3. The normalized spacial score (nSPS) is 19.0. The summed E-state index contributed by atoms with van der Waals surface area (Å²) in [5.41, 5.74) is 3.30. The molecule has 4 nitrogen and oxygen atoms in total. The Labute approximate surface area is 99.1 Å². The summed E-state index contributed by atoms with van der Waals surface area (Å²) in [6.07, 6.45) is 5.22. The Hall–Kier alpha value is -1.84. The summed E-state index contributed by atoms with van der Waals surface area (Å²) in [5, 5.41) is 0. The van der Waals surface area contributed by atoms with Crippen LogP contribution < -0.4 is 5.56 Å². The van der Waals surface area contributed by atoms with E-state index >= 15 is 0 Å². The highest BCUT2D eigenvalue weighted by Gasteiger charge is 2.21. The number of aromatic amines is 2. The number of rotatable bonds is 1. The van der Waals surface area contributed by atoms with Crippen LogP contribution in [0.15, 0.2) is 23.1 Å². The van der Waals surface area contributed by atoms with E-state index in [-0.39, 0.29) is 5.56 Å². The van der Waals surface area contributed by atoms with Crippen LogP contribution in [0, 0.1) is 0 Å². The molecule has 0 spiro atoms. The molecule has 17 heavy (non-hydrogen) atoms. The third-order valence-electron chi connectivity index (χ3n) is 3.40. The molecule has 2 N–H and O–H groups in total. The van der Waals surface area contributed by atoms with Gasteiger partial charge in [-0.15, -0.1) is 0 Å². The smallest absolute Gasteiger partial charge is 0.247 e. The number of hydrogen-bond donors (Lipinski definition) is 2. The van der Waals surface area contributed by atoms with E-state index < -0.39 is 0 Å². The van der Waals surface area contributed by atoms with Crippen LogP contribution in [0.5, 0.6) is 0 Å². The molecule has 2 aromatic heterocycles. The molecule has 0 aromatic carbocycles. The van der Waals surface area contributed by atoms with Crippen molar-refractivity contribution in [2.45, 2.75) is 32.1 Å². The Balaban J connectivity index is 2.04. The molecule has 0 saturated carbocycles. The molecule has 0 amide bonds. The van der Waals surface area contributed by atoms with Crippen LogP contribution in [0.3, 0.4) is 0 Å². The van der Waals surface area contributed by atoms with Gasteiger partial charge >= 0.3 is 0 Å². The number of fused-ring (bicyclic) bond motifs is 1. The van der Waals surface area contributed by atoms with Crippen molar-refractivity contribution in [2.75, 3.05) is 0 Å².